The quantitative estimate of drug-likeness (QED) is 0.850. The van der Waals surface area contributed by atoms with Gasteiger partial charge in [0.05, 0.1) is 6.61 Å². The first-order valence-electron chi connectivity index (χ1n) is 8.23. The molecule has 0 bridgehead atoms. The Hall–Kier alpha value is -1.04. The summed E-state index contributed by atoms with van der Waals surface area (Å²) >= 11 is 0. The highest BCUT2D eigenvalue weighted by molar-refractivity contribution is 5.22. The lowest BCUT2D eigenvalue weighted by Gasteiger charge is -2.28. The summed E-state index contributed by atoms with van der Waals surface area (Å²) in [7, 11) is 0. The SMILES string of the molecule is Fc1ccc(C2CCCN2CCN2CCCOCC2)cc1F. The minimum Gasteiger partial charge on any atom is -0.380 e. The van der Waals surface area contributed by atoms with E-state index in [1.807, 2.05) is 0 Å². The van der Waals surface area contributed by atoms with E-state index < -0.39 is 11.6 Å². The van der Waals surface area contributed by atoms with Crippen molar-refractivity contribution in [3.8, 4) is 0 Å². The first-order valence-corrected chi connectivity index (χ1v) is 8.23. The number of rotatable bonds is 4. The second-order valence-electron chi connectivity index (χ2n) is 6.18. The van der Waals surface area contributed by atoms with Crippen molar-refractivity contribution in [2.45, 2.75) is 25.3 Å². The van der Waals surface area contributed by atoms with Crippen LogP contribution in [0.4, 0.5) is 8.78 Å². The third-order valence-corrected chi connectivity index (χ3v) is 4.71. The van der Waals surface area contributed by atoms with E-state index in [9.17, 15) is 8.78 Å². The van der Waals surface area contributed by atoms with Crippen LogP contribution >= 0.6 is 0 Å². The molecule has 0 amide bonds. The lowest BCUT2D eigenvalue weighted by molar-refractivity contribution is 0.137. The zero-order valence-electron chi connectivity index (χ0n) is 12.9. The van der Waals surface area contributed by atoms with E-state index in [4.69, 9.17) is 4.74 Å². The molecule has 0 aromatic heterocycles. The van der Waals surface area contributed by atoms with Crippen molar-refractivity contribution in [2.24, 2.45) is 0 Å². The molecule has 0 N–H and O–H groups in total. The maximum absolute atomic E-state index is 13.5. The molecule has 2 aliphatic rings. The van der Waals surface area contributed by atoms with E-state index in [1.165, 1.54) is 12.1 Å². The Morgan fingerprint density at radius 2 is 1.91 bits per heavy atom. The van der Waals surface area contributed by atoms with Crippen LogP contribution in [0.3, 0.4) is 0 Å². The predicted molar refractivity (Wildman–Crippen MR) is 81.8 cm³/mol. The van der Waals surface area contributed by atoms with Gasteiger partial charge in [-0.15, -0.1) is 0 Å². The smallest absolute Gasteiger partial charge is 0.159 e. The molecule has 0 spiro atoms. The number of hydrogen-bond acceptors (Lipinski definition) is 3. The molecule has 1 aromatic rings. The first-order chi connectivity index (χ1) is 10.7. The summed E-state index contributed by atoms with van der Waals surface area (Å²) in [5, 5.41) is 0. The second kappa shape index (κ2) is 7.49. The number of halogens is 2. The summed E-state index contributed by atoms with van der Waals surface area (Å²) in [6, 6.07) is 4.55. The summed E-state index contributed by atoms with van der Waals surface area (Å²) in [6.45, 7) is 6.78. The number of likely N-dealkylation sites (tertiary alicyclic amines) is 1. The molecule has 0 saturated carbocycles. The third kappa shape index (κ3) is 3.83. The molecular weight excluding hydrogens is 286 g/mol. The highest BCUT2D eigenvalue weighted by Gasteiger charge is 2.26. The lowest BCUT2D eigenvalue weighted by atomic mass is 10.0. The van der Waals surface area contributed by atoms with Crippen molar-refractivity contribution in [2.75, 3.05) is 45.9 Å². The molecule has 3 rings (SSSR count). The van der Waals surface area contributed by atoms with Gasteiger partial charge in [0.1, 0.15) is 0 Å². The molecule has 1 aromatic carbocycles. The van der Waals surface area contributed by atoms with Gasteiger partial charge in [0.2, 0.25) is 0 Å². The van der Waals surface area contributed by atoms with Gasteiger partial charge in [-0.2, -0.15) is 0 Å². The highest BCUT2D eigenvalue weighted by atomic mass is 19.2. The molecule has 1 atom stereocenters. The largest absolute Gasteiger partial charge is 0.380 e. The van der Waals surface area contributed by atoms with Crippen molar-refractivity contribution in [3.63, 3.8) is 0 Å². The van der Waals surface area contributed by atoms with Crippen molar-refractivity contribution >= 4 is 0 Å². The lowest BCUT2D eigenvalue weighted by Crippen LogP contribution is -2.36. The van der Waals surface area contributed by atoms with Crippen LogP contribution in [-0.4, -0.2) is 55.7 Å². The van der Waals surface area contributed by atoms with Gasteiger partial charge in [0.15, 0.2) is 11.6 Å². The molecule has 22 heavy (non-hydrogen) atoms. The Bertz CT molecular complexity index is 490. The van der Waals surface area contributed by atoms with Gasteiger partial charge >= 0.3 is 0 Å². The van der Waals surface area contributed by atoms with Crippen LogP contribution in [0.25, 0.3) is 0 Å². The van der Waals surface area contributed by atoms with Crippen LogP contribution < -0.4 is 0 Å². The third-order valence-electron chi connectivity index (χ3n) is 4.71. The average molecular weight is 310 g/mol. The Morgan fingerprint density at radius 3 is 2.77 bits per heavy atom. The monoisotopic (exact) mass is 310 g/mol. The molecule has 0 aliphatic carbocycles. The highest BCUT2D eigenvalue weighted by Crippen LogP contribution is 2.32. The molecular formula is C17H24F2N2O. The van der Waals surface area contributed by atoms with Crippen LogP contribution in [-0.2, 0) is 4.74 Å². The zero-order valence-corrected chi connectivity index (χ0v) is 12.9. The van der Waals surface area contributed by atoms with Crippen LogP contribution in [0.5, 0.6) is 0 Å². The van der Waals surface area contributed by atoms with Gasteiger partial charge < -0.3 is 4.74 Å². The molecule has 0 radical (unpaired) electrons. The number of nitrogens with zero attached hydrogens (tertiary/aromatic N) is 2. The maximum Gasteiger partial charge on any atom is 0.159 e. The van der Waals surface area contributed by atoms with Crippen LogP contribution in [0.2, 0.25) is 0 Å². The van der Waals surface area contributed by atoms with E-state index in [0.717, 1.165) is 70.8 Å². The first kappa shape index (κ1) is 15.8. The fourth-order valence-corrected chi connectivity index (χ4v) is 3.48. The molecule has 2 aliphatic heterocycles. The topological polar surface area (TPSA) is 15.7 Å². The molecule has 5 heteroatoms. The van der Waals surface area contributed by atoms with Gasteiger partial charge in [-0.3, -0.25) is 9.80 Å². The Kier molecular flexibility index (Phi) is 5.39. The molecule has 122 valence electrons. The fraction of sp³-hybridized carbons (Fsp3) is 0.647. The molecule has 2 fully saturated rings. The standard InChI is InChI=1S/C17H24F2N2O/c18-15-5-4-14(13-16(15)19)17-3-1-7-21(17)9-8-20-6-2-11-22-12-10-20/h4-5,13,17H,1-3,6-12H2. The van der Waals surface area contributed by atoms with Gasteiger partial charge in [-0.25, -0.2) is 8.78 Å². The number of hydrogen-bond donors (Lipinski definition) is 0. The second-order valence-corrected chi connectivity index (χ2v) is 6.18. The van der Waals surface area contributed by atoms with Gasteiger partial charge in [0, 0.05) is 38.8 Å². The van der Waals surface area contributed by atoms with Crippen molar-refractivity contribution < 1.29 is 13.5 Å². The van der Waals surface area contributed by atoms with Gasteiger partial charge in [-0.05, 0) is 43.5 Å². The summed E-state index contributed by atoms with van der Waals surface area (Å²) in [4.78, 5) is 4.84. The van der Waals surface area contributed by atoms with Crippen molar-refractivity contribution in [3.05, 3.63) is 35.4 Å². The fourth-order valence-electron chi connectivity index (χ4n) is 3.48. The Balaban J connectivity index is 1.59. The molecule has 2 heterocycles. The molecule has 2 saturated heterocycles. The van der Waals surface area contributed by atoms with Crippen molar-refractivity contribution in [1.82, 2.24) is 9.80 Å². The van der Waals surface area contributed by atoms with Crippen molar-refractivity contribution in [1.29, 1.82) is 0 Å². The minimum atomic E-state index is -0.766. The maximum atomic E-state index is 13.5. The normalized spacial score (nSPS) is 24.5. The van der Waals surface area contributed by atoms with E-state index >= 15 is 0 Å². The van der Waals surface area contributed by atoms with E-state index in [0.29, 0.717) is 0 Å². The summed E-state index contributed by atoms with van der Waals surface area (Å²) in [5.41, 5.74) is 0.899. The Labute approximate surface area is 130 Å². The Morgan fingerprint density at radius 1 is 1.00 bits per heavy atom. The van der Waals surface area contributed by atoms with Gasteiger partial charge in [0.25, 0.3) is 0 Å². The average Bonchev–Trinajstić information content (AvgIpc) is 2.83. The predicted octanol–water partition coefficient (Wildman–Crippen LogP) is 2.82. The summed E-state index contributed by atoms with van der Waals surface area (Å²) in [5.74, 6) is -1.51. The van der Waals surface area contributed by atoms with E-state index in [2.05, 4.69) is 9.80 Å². The van der Waals surface area contributed by atoms with Crippen LogP contribution in [0, 0.1) is 11.6 Å². The number of benzene rings is 1. The van der Waals surface area contributed by atoms with Crippen LogP contribution in [0.1, 0.15) is 30.9 Å². The van der Waals surface area contributed by atoms with E-state index in [1.54, 1.807) is 6.07 Å². The van der Waals surface area contributed by atoms with Crippen LogP contribution in [0.15, 0.2) is 18.2 Å². The van der Waals surface area contributed by atoms with E-state index in [-0.39, 0.29) is 6.04 Å². The molecule has 3 nitrogen and oxygen atoms in total. The summed E-state index contributed by atoms with van der Waals surface area (Å²) in [6.07, 6.45) is 3.23. The van der Waals surface area contributed by atoms with Gasteiger partial charge in [-0.1, -0.05) is 6.07 Å². The summed E-state index contributed by atoms with van der Waals surface area (Å²) < 4.78 is 32.0. The minimum absolute atomic E-state index is 0.221. The zero-order chi connectivity index (χ0) is 15.4. The molecule has 1 unspecified atom stereocenters. The number of ether oxygens (including phenoxy) is 1.